The molecule has 0 saturated heterocycles. The summed E-state index contributed by atoms with van der Waals surface area (Å²) in [5, 5.41) is 0. The number of halogens is 20. The average Bonchev–Trinajstić information content (AvgIpc) is 3.21. The molecule has 22 heteroatoms. The van der Waals surface area contributed by atoms with E-state index in [1.807, 2.05) is 18.2 Å². The van der Waals surface area contributed by atoms with E-state index in [1.165, 1.54) is 10.6 Å². The Labute approximate surface area is 311 Å². The van der Waals surface area contributed by atoms with Crippen molar-refractivity contribution in [3.05, 3.63) is 172 Å². The molecule has 0 aliphatic heterocycles. The molecular weight excluding hydrogens is 837 g/mol. The molecule has 0 aliphatic rings. The van der Waals surface area contributed by atoms with E-state index in [0.29, 0.717) is 0 Å². The van der Waals surface area contributed by atoms with E-state index in [2.05, 4.69) is 37.4 Å². The Kier molecular flexibility index (Phi) is 13.1. The summed E-state index contributed by atoms with van der Waals surface area (Å²) in [5.41, 5.74) is -13.0. The average molecular weight is 853 g/mol. The van der Waals surface area contributed by atoms with E-state index in [1.54, 1.807) is 0 Å². The lowest BCUT2D eigenvalue weighted by atomic mass is 9.12. The maximum Gasteiger partial charge on any atom is 0.200 e. The second kappa shape index (κ2) is 17.0. The highest BCUT2D eigenvalue weighted by molar-refractivity contribution is 7.20. The molecule has 1 nitrogen and oxygen atoms in total. The lowest BCUT2D eigenvalue weighted by Crippen LogP contribution is -3.06. The maximum atomic E-state index is 15.4. The smallest absolute Gasteiger partial charge is 0.200 e. The lowest BCUT2D eigenvalue weighted by Gasteiger charge is -2.44. The van der Waals surface area contributed by atoms with Gasteiger partial charge in [-0.2, -0.15) is 0 Å². The first kappa shape index (κ1) is 44.9. The first-order valence-electron chi connectivity index (χ1n) is 15.4. The first-order valence-corrected chi connectivity index (χ1v) is 15.4. The fourth-order valence-corrected chi connectivity index (χ4v) is 6.22. The van der Waals surface area contributed by atoms with Gasteiger partial charge in [0.15, 0.2) is 69.8 Å². The largest absolute Gasteiger partial charge is 0.296 e. The molecule has 5 aromatic carbocycles. The highest BCUT2D eigenvalue weighted by atomic mass is 19.2. The molecule has 0 radical (unpaired) electrons. The van der Waals surface area contributed by atoms with Gasteiger partial charge in [0.25, 0.3) is 0 Å². The number of hydrogen-bond donors (Lipinski definition) is 1. The zero-order chi connectivity index (χ0) is 43.9. The standard InChI is InChI=1S/C24BF20.C12H15N/c26-5-1(6(27)14(35)21(42)13(5)34)25(2-7(28)15(36)22(43)16(37)8(2)29,3-9(30)17(38)23(44)18(39)10(3)31)4-11(32)19(40)24(45)20(41)12(4)33;1-3-10-13(11-4-2)12-8-6-5-7-9-12/h;3-9H,1-2,10-11H2/q-1;/p+1. The molecule has 0 saturated carbocycles. The Bertz CT molecular complexity index is 2060. The third kappa shape index (κ3) is 6.95. The van der Waals surface area contributed by atoms with Crippen LogP contribution in [0.3, 0.4) is 0 Å². The SMILES string of the molecule is C=CC[NH+](CC=C)c1ccccc1.Fc1c(F)c(F)c([B-](c2c(F)c(F)c(F)c(F)c2F)(c2c(F)c(F)c(F)c(F)c2F)c2c(F)c(F)c(F)c(F)c2F)c(F)c1F. The summed E-state index contributed by atoms with van der Waals surface area (Å²) in [6.07, 6.45) is -3.34. The number of hydrogen-bond acceptors (Lipinski definition) is 0. The van der Waals surface area contributed by atoms with E-state index in [-0.39, 0.29) is 0 Å². The van der Waals surface area contributed by atoms with Gasteiger partial charge in [-0.25, -0.2) is 87.8 Å². The van der Waals surface area contributed by atoms with Crippen LogP contribution in [0, 0.1) is 116 Å². The van der Waals surface area contributed by atoms with Gasteiger partial charge in [0.2, 0.25) is 0 Å². The molecular formula is C36H16BF20N. The van der Waals surface area contributed by atoms with Crippen LogP contribution in [-0.2, 0) is 0 Å². The van der Waals surface area contributed by atoms with Crippen LogP contribution in [0.1, 0.15) is 0 Å². The minimum absolute atomic E-state index is 0.941. The third-order valence-corrected chi connectivity index (χ3v) is 8.67. The van der Waals surface area contributed by atoms with Gasteiger partial charge < -0.3 is 0 Å². The van der Waals surface area contributed by atoms with Gasteiger partial charge in [-0.05, 0) is 24.3 Å². The zero-order valence-corrected chi connectivity index (χ0v) is 28.0. The van der Waals surface area contributed by atoms with Gasteiger partial charge in [-0.15, -0.1) is 21.9 Å². The molecule has 0 aliphatic carbocycles. The normalized spacial score (nSPS) is 11.5. The molecule has 0 unspecified atom stereocenters. The Morgan fingerprint density at radius 1 is 0.328 bits per heavy atom. The summed E-state index contributed by atoms with van der Waals surface area (Å²) in [5.74, 6) is -71.4. The second-order valence-corrected chi connectivity index (χ2v) is 11.8. The highest BCUT2D eigenvalue weighted by Gasteiger charge is 2.52. The van der Waals surface area contributed by atoms with Crippen molar-refractivity contribution in [3.63, 3.8) is 0 Å². The van der Waals surface area contributed by atoms with Crippen molar-refractivity contribution in [2.24, 2.45) is 0 Å². The molecule has 1 N–H and O–H groups in total. The molecule has 308 valence electrons. The van der Waals surface area contributed by atoms with Crippen molar-refractivity contribution in [3.8, 4) is 0 Å². The number of quaternary nitrogens is 1. The van der Waals surface area contributed by atoms with Crippen LogP contribution in [0.25, 0.3) is 0 Å². The van der Waals surface area contributed by atoms with Gasteiger partial charge in [-0.3, -0.25) is 4.90 Å². The zero-order valence-electron chi connectivity index (χ0n) is 28.0. The predicted octanol–water partition coefficient (Wildman–Crippen LogP) is 7.42. The van der Waals surface area contributed by atoms with Gasteiger partial charge in [-0.1, -0.05) is 31.4 Å². The summed E-state index contributed by atoms with van der Waals surface area (Å²) < 4.78 is 294. The summed E-state index contributed by atoms with van der Waals surface area (Å²) in [6, 6.07) is 10.4. The number of nitrogens with one attached hydrogen (secondary N) is 1. The molecule has 0 heterocycles. The Balaban J connectivity index is 0.000000486. The van der Waals surface area contributed by atoms with Gasteiger partial charge in [0.1, 0.15) is 71.5 Å². The molecule has 5 rings (SSSR count). The Hall–Kier alpha value is -5.80. The van der Waals surface area contributed by atoms with Crippen molar-refractivity contribution in [2.45, 2.75) is 0 Å². The van der Waals surface area contributed by atoms with Gasteiger partial charge >= 0.3 is 0 Å². The fraction of sp³-hybridized carbons (Fsp3) is 0.0556. The first-order chi connectivity index (χ1) is 27.1. The summed E-state index contributed by atoms with van der Waals surface area (Å²) >= 11 is 0. The molecule has 0 aromatic heterocycles. The van der Waals surface area contributed by atoms with Crippen LogP contribution in [0.4, 0.5) is 93.5 Å². The van der Waals surface area contributed by atoms with Crippen LogP contribution in [0.15, 0.2) is 55.6 Å². The lowest BCUT2D eigenvalue weighted by molar-refractivity contribution is -0.819. The maximum absolute atomic E-state index is 15.4. The monoisotopic (exact) mass is 853 g/mol. The Morgan fingerprint density at radius 3 is 0.707 bits per heavy atom. The fourth-order valence-electron chi connectivity index (χ4n) is 6.22. The van der Waals surface area contributed by atoms with Crippen molar-refractivity contribution in [1.82, 2.24) is 0 Å². The van der Waals surface area contributed by atoms with Gasteiger partial charge in [0.05, 0.1) is 0 Å². The van der Waals surface area contributed by atoms with Gasteiger partial charge in [0, 0.05) is 0 Å². The molecule has 0 bridgehead atoms. The number of para-hydroxylation sites is 1. The van der Waals surface area contributed by atoms with E-state index < -0.39 is 144 Å². The topological polar surface area (TPSA) is 4.44 Å². The molecule has 0 amide bonds. The van der Waals surface area contributed by atoms with Crippen molar-refractivity contribution < 1.29 is 92.7 Å². The van der Waals surface area contributed by atoms with E-state index >= 15 is 35.1 Å². The Morgan fingerprint density at radius 2 is 0.517 bits per heavy atom. The molecule has 0 spiro atoms. The third-order valence-electron chi connectivity index (χ3n) is 8.67. The van der Waals surface area contributed by atoms with Crippen LogP contribution in [0.2, 0.25) is 0 Å². The van der Waals surface area contributed by atoms with Crippen molar-refractivity contribution >= 4 is 33.7 Å². The van der Waals surface area contributed by atoms with Crippen LogP contribution >= 0.6 is 0 Å². The van der Waals surface area contributed by atoms with E-state index in [4.69, 9.17) is 0 Å². The minimum atomic E-state index is -7.22. The molecule has 5 aromatic rings. The van der Waals surface area contributed by atoms with Crippen LogP contribution < -0.4 is 26.8 Å². The van der Waals surface area contributed by atoms with Crippen molar-refractivity contribution in [2.75, 3.05) is 13.1 Å². The van der Waals surface area contributed by atoms with E-state index in [0.717, 1.165) is 13.1 Å². The van der Waals surface area contributed by atoms with Crippen LogP contribution in [0.5, 0.6) is 0 Å². The summed E-state index contributed by atoms with van der Waals surface area (Å²) in [7, 11) is 0. The summed E-state index contributed by atoms with van der Waals surface area (Å²) in [4.78, 5) is 1.38. The molecule has 0 fully saturated rings. The summed E-state index contributed by atoms with van der Waals surface area (Å²) in [6.45, 7) is 9.39. The number of benzene rings is 5. The van der Waals surface area contributed by atoms with E-state index in [9.17, 15) is 52.7 Å². The van der Waals surface area contributed by atoms with Crippen LogP contribution in [-0.4, -0.2) is 19.2 Å². The van der Waals surface area contributed by atoms with Crippen molar-refractivity contribution in [1.29, 1.82) is 0 Å². The molecule has 0 atom stereocenters. The molecule has 58 heavy (non-hydrogen) atoms. The minimum Gasteiger partial charge on any atom is -0.296 e. The highest BCUT2D eigenvalue weighted by Crippen LogP contribution is 2.30. The number of rotatable bonds is 9. The second-order valence-electron chi connectivity index (χ2n) is 11.8. The quantitative estimate of drug-likeness (QED) is 0.0519. The predicted molar refractivity (Wildman–Crippen MR) is 166 cm³/mol.